The summed E-state index contributed by atoms with van der Waals surface area (Å²) in [4.78, 5) is 35.8. The van der Waals surface area contributed by atoms with Crippen molar-refractivity contribution in [3.8, 4) is 17.0 Å². The minimum Gasteiger partial charge on any atom is -0.491 e. The van der Waals surface area contributed by atoms with Gasteiger partial charge >= 0.3 is 6.03 Å². The molecule has 40 heavy (non-hydrogen) atoms. The van der Waals surface area contributed by atoms with Crippen LogP contribution in [0.3, 0.4) is 0 Å². The summed E-state index contributed by atoms with van der Waals surface area (Å²) in [6, 6.07) is 18.5. The molecule has 5 rings (SSSR count). The number of aliphatic hydroxyl groups is 1. The van der Waals surface area contributed by atoms with E-state index < -0.39 is 24.0 Å². The number of aromatic amines is 1. The third kappa shape index (κ3) is 6.38. The highest BCUT2D eigenvalue weighted by atomic mass is 19.1. The molecule has 208 valence electrons. The summed E-state index contributed by atoms with van der Waals surface area (Å²) >= 11 is 0. The zero-order chi connectivity index (χ0) is 28.6. The Morgan fingerprint density at radius 2 is 1.68 bits per heavy atom. The van der Waals surface area contributed by atoms with Gasteiger partial charge in [0.05, 0.1) is 18.5 Å². The van der Waals surface area contributed by atoms with Gasteiger partial charge in [-0.3, -0.25) is 9.69 Å². The third-order valence-electron chi connectivity index (χ3n) is 6.47. The van der Waals surface area contributed by atoms with Crippen LogP contribution in [0.25, 0.3) is 11.3 Å². The highest BCUT2D eigenvalue weighted by Gasteiger charge is 2.44. The fourth-order valence-electron chi connectivity index (χ4n) is 4.47. The Kier molecular flexibility index (Phi) is 9.29. The highest BCUT2D eigenvalue weighted by molar-refractivity contribution is 6.05. The molecule has 2 atom stereocenters. The predicted octanol–water partition coefficient (Wildman–Crippen LogP) is 5.50. The Balaban J connectivity index is 0.00000181. The fraction of sp³-hybridized carbons (Fsp3) is 0.258. The Morgan fingerprint density at radius 1 is 1.00 bits per heavy atom. The zero-order valence-electron chi connectivity index (χ0n) is 22.7. The molecule has 0 bridgehead atoms. The van der Waals surface area contributed by atoms with Crippen molar-refractivity contribution < 1.29 is 23.8 Å². The maximum Gasteiger partial charge on any atom is 0.325 e. The number of rotatable bonds is 9. The van der Waals surface area contributed by atoms with Crippen molar-refractivity contribution in [2.45, 2.75) is 39.3 Å². The monoisotopic (exact) mass is 544 g/mol. The molecule has 3 N–H and O–H groups in total. The number of aryl methyl sites for hydroxylation is 1. The molecule has 3 amide bonds. The number of hydrogen-bond donors (Lipinski definition) is 3. The SMILES string of the molecule is CC.Cc1ccc(-c2cnc([C@H](Cc3ccc(F)cc3)N3C(=O)N[C@H](c4ccc(OCCO)cc4)C3=O)[nH]2)cc1. The number of benzene rings is 3. The van der Waals surface area contributed by atoms with E-state index in [2.05, 4.69) is 15.3 Å². The molecule has 0 aliphatic carbocycles. The Hall–Kier alpha value is -4.50. The van der Waals surface area contributed by atoms with Gasteiger partial charge in [0.2, 0.25) is 0 Å². The summed E-state index contributed by atoms with van der Waals surface area (Å²) in [6.45, 7) is 6.05. The lowest BCUT2D eigenvalue weighted by Crippen LogP contribution is -2.36. The topological polar surface area (TPSA) is 108 Å². The number of urea groups is 1. The molecule has 3 aromatic carbocycles. The number of ether oxygens (including phenoxy) is 1. The molecule has 0 spiro atoms. The van der Waals surface area contributed by atoms with E-state index in [0.717, 1.165) is 22.4 Å². The summed E-state index contributed by atoms with van der Waals surface area (Å²) in [5, 5.41) is 11.7. The number of carbonyl (C=O) groups is 2. The van der Waals surface area contributed by atoms with E-state index >= 15 is 0 Å². The van der Waals surface area contributed by atoms with E-state index in [0.29, 0.717) is 17.1 Å². The molecule has 1 fully saturated rings. The molecule has 0 unspecified atom stereocenters. The van der Waals surface area contributed by atoms with Gasteiger partial charge in [0.25, 0.3) is 5.91 Å². The van der Waals surface area contributed by atoms with Crippen molar-refractivity contribution in [2.75, 3.05) is 13.2 Å². The van der Waals surface area contributed by atoms with Crippen LogP contribution < -0.4 is 10.1 Å². The second-order valence-electron chi connectivity index (χ2n) is 9.13. The van der Waals surface area contributed by atoms with Gasteiger partial charge in [-0.2, -0.15) is 0 Å². The van der Waals surface area contributed by atoms with Crippen molar-refractivity contribution in [1.29, 1.82) is 0 Å². The number of hydrogen-bond acceptors (Lipinski definition) is 5. The van der Waals surface area contributed by atoms with Gasteiger partial charge in [0.15, 0.2) is 0 Å². The fourth-order valence-corrected chi connectivity index (χ4v) is 4.47. The minimum atomic E-state index is -0.878. The van der Waals surface area contributed by atoms with Gasteiger partial charge in [-0.05, 0) is 47.9 Å². The van der Waals surface area contributed by atoms with E-state index in [1.165, 1.54) is 17.0 Å². The smallest absolute Gasteiger partial charge is 0.325 e. The molecule has 0 saturated carbocycles. The predicted molar refractivity (Wildman–Crippen MR) is 150 cm³/mol. The number of nitrogens with zero attached hydrogens (tertiary/aromatic N) is 2. The lowest BCUT2D eigenvalue weighted by Gasteiger charge is -2.24. The van der Waals surface area contributed by atoms with Crippen LogP contribution in [-0.2, 0) is 11.2 Å². The number of amides is 3. The summed E-state index contributed by atoms with van der Waals surface area (Å²) in [7, 11) is 0. The number of carbonyl (C=O) groups excluding carboxylic acids is 2. The summed E-state index contributed by atoms with van der Waals surface area (Å²) in [5.41, 5.74) is 4.15. The third-order valence-corrected chi connectivity index (χ3v) is 6.47. The van der Waals surface area contributed by atoms with Crippen LogP contribution in [0.2, 0.25) is 0 Å². The average molecular weight is 545 g/mol. The first-order valence-corrected chi connectivity index (χ1v) is 13.3. The molecular formula is C31H33FN4O4. The van der Waals surface area contributed by atoms with Crippen molar-refractivity contribution in [3.05, 3.63) is 107 Å². The number of aromatic nitrogens is 2. The van der Waals surface area contributed by atoms with E-state index in [1.54, 1.807) is 42.6 Å². The van der Waals surface area contributed by atoms with Crippen LogP contribution in [-0.4, -0.2) is 45.1 Å². The number of imide groups is 1. The van der Waals surface area contributed by atoms with E-state index in [9.17, 15) is 14.0 Å². The second-order valence-corrected chi connectivity index (χ2v) is 9.13. The first-order chi connectivity index (χ1) is 19.4. The van der Waals surface area contributed by atoms with E-state index in [1.807, 2.05) is 45.0 Å². The standard InChI is InChI=1S/C29H27FN4O4.C2H6/c1-18-2-6-20(7-3-18)24-17-31-27(32-24)25(16-19-4-10-22(30)11-5-19)34-28(36)26(33-29(34)37)21-8-12-23(13-9-21)38-15-14-35;1-2/h2-13,17,25-26,35H,14-16H2,1H3,(H,31,32)(H,33,37);1-2H3/t25-,26+;/m0./s1. The normalized spacial score (nSPS) is 15.3. The van der Waals surface area contributed by atoms with Crippen molar-refractivity contribution >= 4 is 11.9 Å². The quantitative estimate of drug-likeness (QED) is 0.241. The summed E-state index contributed by atoms with van der Waals surface area (Å²) in [6.07, 6.45) is 1.93. The molecule has 9 heteroatoms. The van der Waals surface area contributed by atoms with Crippen molar-refractivity contribution in [1.82, 2.24) is 20.2 Å². The van der Waals surface area contributed by atoms with Crippen LogP contribution in [0.4, 0.5) is 9.18 Å². The number of imidazole rings is 1. The van der Waals surface area contributed by atoms with E-state index in [-0.39, 0.29) is 25.5 Å². The molecule has 1 aliphatic rings. The lowest BCUT2D eigenvalue weighted by molar-refractivity contribution is -0.129. The minimum absolute atomic E-state index is 0.109. The molecule has 2 heterocycles. The van der Waals surface area contributed by atoms with Crippen LogP contribution >= 0.6 is 0 Å². The molecule has 1 aromatic heterocycles. The maximum atomic E-state index is 13.6. The highest BCUT2D eigenvalue weighted by Crippen LogP contribution is 2.33. The van der Waals surface area contributed by atoms with Crippen molar-refractivity contribution in [3.63, 3.8) is 0 Å². The van der Waals surface area contributed by atoms with Gasteiger partial charge in [-0.25, -0.2) is 14.2 Å². The van der Waals surface area contributed by atoms with Gasteiger partial charge in [0.1, 0.15) is 36.1 Å². The molecule has 0 radical (unpaired) electrons. The van der Waals surface area contributed by atoms with Gasteiger partial charge < -0.3 is 20.1 Å². The van der Waals surface area contributed by atoms with Crippen LogP contribution in [0.1, 0.15) is 48.4 Å². The lowest BCUT2D eigenvalue weighted by atomic mass is 10.0. The van der Waals surface area contributed by atoms with Gasteiger partial charge in [-0.1, -0.05) is 67.9 Å². The number of H-pyrrole nitrogens is 1. The van der Waals surface area contributed by atoms with Crippen molar-refractivity contribution in [2.24, 2.45) is 0 Å². The Labute approximate surface area is 232 Å². The Bertz CT molecular complexity index is 1420. The van der Waals surface area contributed by atoms with Crippen LogP contribution in [0, 0.1) is 12.7 Å². The molecular weight excluding hydrogens is 511 g/mol. The van der Waals surface area contributed by atoms with E-state index in [4.69, 9.17) is 9.84 Å². The second kappa shape index (κ2) is 13.0. The maximum absolute atomic E-state index is 13.6. The summed E-state index contributed by atoms with van der Waals surface area (Å²) in [5.74, 6) is 0.206. The first kappa shape index (κ1) is 28.5. The molecule has 1 aliphatic heterocycles. The average Bonchev–Trinajstić information content (AvgIpc) is 3.58. The zero-order valence-corrected chi connectivity index (χ0v) is 22.7. The number of halogens is 1. The largest absolute Gasteiger partial charge is 0.491 e. The Morgan fingerprint density at radius 3 is 2.33 bits per heavy atom. The molecule has 1 saturated heterocycles. The van der Waals surface area contributed by atoms with Crippen LogP contribution in [0.15, 0.2) is 79.0 Å². The summed E-state index contributed by atoms with van der Waals surface area (Å²) < 4.78 is 18.9. The van der Waals surface area contributed by atoms with Crippen LogP contribution in [0.5, 0.6) is 5.75 Å². The molecule has 8 nitrogen and oxygen atoms in total. The van der Waals surface area contributed by atoms with Gasteiger partial charge in [-0.15, -0.1) is 0 Å². The first-order valence-electron chi connectivity index (χ1n) is 13.3. The number of aliphatic hydroxyl groups excluding tert-OH is 1. The molecule has 4 aromatic rings. The number of nitrogens with one attached hydrogen (secondary N) is 2. The van der Waals surface area contributed by atoms with Gasteiger partial charge in [0, 0.05) is 6.42 Å².